The number of aromatic hydroxyl groups is 1. The van der Waals surface area contributed by atoms with Gasteiger partial charge in [0.2, 0.25) is 5.56 Å². The summed E-state index contributed by atoms with van der Waals surface area (Å²) >= 11 is 0. The molecule has 0 bridgehead atoms. The second-order valence-electron chi connectivity index (χ2n) is 8.94. The normalized spacial score (nSPS) is 11.8. The number of phenolic OH excluding ortho intramolecular Hbond substituents is 1. The molecule has 1 atom stereocenters. The molecule has 0 spiro atoms. The topological polar surface area (TPSA) is 133 Å². The van der Waals surface area contributed by atoms with Crippen molar-refractivity contribution in [2.75, 3.05) is 26.7 Å². The van der Waals surface area contributed by atoms with Crippen molar-refractivity contribution >= 4 is 17.0 Å². The number of aromatic nitrogens is 1. The molecule has 9 heteroatoms. The Morgan fingerprint density at radius 2 is 1.70 bits per heavy atom. The number of H-pyrrole nitrogens is 1. The third-order valence-electron chi connectivity index (χ3n) is 6.09. The van der Waals surface area contributed by atoms with Crippen molar-refractivity contribution in [2.24, 2.45) is 0 Å². The van der Waals surface area contributed by atoms with Gasteiger partial charge in [-0.05, 0) is 49.2 Å². The Hall–Kier alpha value is -3.56. The summed E-state index contributed by atoms with van der Waals surface area (Å²) in [5.74, 6) is 1.13. The lowest BCUT2D eigenvalue weighted by molar-refractivity contribution is 0.176. The van der Waals surface area contributed by atoms with Gasteiger partial charge in [0.25, 0.3) is 0 Å². The lowest BCUT2D eigenvalue weighted by Crippen LogP contribution is -2.22. The summed E-state index contributed by atoms with van der Waals surface area (Å²) in [4.78, 5) is 25.4. The zero-order chi connectivity index (χ0) is 26.5. The summed E-state index contributed by atoms with van der Waals surface area (Å²) in [5.41, 5.74) is 0.723. The Balaban J connectivity index is 1.21. The number of fused-ring (bicyclic) bond motifs is 1. The average molecular weight is 512 g/mol. The van der Waals surface area contributed by atoms with Crippen LogP contribution in [0.3, 0.4) is 0 Å². The van der Waals surface area contributed by atoms with Crippen molar-refractivity contribution in [2.45, 2.75) is 51.0 Å². The van der Waals surface area contributed by atoms with E-state index < -0.39 is 12.2 Å². The first-order chi connectivity index (χ1) is 18.0. The van der Waals surface area contributed by atoms with Gasteiger partial charge < -0.3 is 35.3 Å². The first kappa shape index (κ1) is 28.0. The maximum absolute atomic E-state index is 11.5. The molecule has 1 heterocycles. The van der Waals surface area contributed by atoms with Crippen LogP contribution in [0, 0.1) is 0 Å². The van der Waals surface area contributed by atoms with E-state index in [1.807, 2.05) is 6.07 Å². The van der Waals surface area contributed by atoms with E-state index in [-0.39, 0.29) is 11.3 Å². The van der Waals surface area contributed by atoms with Crippen LogP contribution in [0.4, 0.5) is 4.79 Å². The molecule has 200 valence electrons. The molecule has 0 saturated heterocycles. The van der Waals surface area contributed by atoms with Crippen LogP contribution in [-0.2, 0) is 0 Å². The average Bonchev–Trinajstić information content (AvgIpc) is 2.89. The summed E-state index contributed by atoms with van der Waals surface area (Å²) < 4.78 is 10.9. The molecule has 1 amide bonds. The van der Waals surface area contributed by atoms with E-state index in [2.05, 4.69) is 15.6 Å². The SMILES string of the molecule is CNC(=O)Oc1cccc(OCCCCCCCCCNC[C@H](O)c2ccc(O)c3[nH]c(=O)ccc23)c1. The zero-order valence-corrected chi connectivity index (χ0v) is 21.3. The number of ether oxygens (including phenoxy) is 2. The number of aliphatic hydroxyl groups excluding tert-OH is 1. The first-order valence-corrected chi connectivity index (χ1v) is 12.8. The van der Waals surface area contributed by atoms with Crippen LogP contribution in [0.25, 0.3) is 10.9 Å². The highest BCUT2D eigenvalue weighted by Crippen LogP contribution is 2.28. The van der Waals surface area contributed by atoms with Crippen molar-refractivity contribution < 1.29 is 24.5 Å². The highest BCUT2D eigenvalue weighted by molar-refractivity contribution is 5.87. The van der Waals surface area contributed by atoms with E-state index in [1.165, 1.54) is 32.0 Å². The minimum atomic E-state index is -0.734. The molecule has 3 rings (SSSR count). The summed E-state index contributed by atoms with van der Waals surface area (Å²) in [6, 6.07) is 13.3. The fraction of sp³-hybridized carbons (Fsp3) is 0.429. The molecule has 0 fully saturated rings. The first-order valence-electron chi connectivity index (χ1n) is 12.8. The fourth-order valence-electron chi connectivity index (χ4n) is 4.11. The van der Waals surface area contributed by atoms with Crippen LogP contribution in [0.2, 0.25) is 0 Å². The number of nitrogens with one attached hydrogen (secondary N) is 3. The lowest BCUT2D eigenvalue weighted by atomic mass is 10.0. The Bertz CT molecular complexity index is 1200. The number of carbonyl (C=O) groups is 1. The molecule has 0 aliphatic rings. The predicted octanol–water partition coefficient (Wildman–Crippen LogP) is 4.38. The Labute approximate surface area is 216 Å². The molecular formula is C28H37N3O6. The number of unbranched alkanes of at least 4 members (excludes halogenated alkanes) is 6. The van der Waals surface area contributed by atoms with E-state index in [0.29, 0.717) is 41.1 Å². The smallest absolute Gasteiger partial charge is 0.412 e. The Kier molecular flexibility index (Phi) is 11.3. The zero-order valence-electron chi connectivity index (χ0n) is 21.3. The molecule has 37 heavy (non-hydrogen) atoms. The number of rotatable bonds is 15. The maximum atomic E-state index is 11.5. The number of aromatic amines is 1. The van der Waals surface area contributed by atoms with Crippen LogP contribution in [0.15, 0.2) is 53.3 Å². The minimum absolute atomic E-state index is 0.0106. The van der Waals surface area contributed by atoms with Gasteiger partial charge in [-0.1, -0.05) is 44.2 Å². The van der Waals surface area contributed by atoms with Crippen molar-refractivity contribution in [3.63, 3.8) is 0 Å². The van der Waals surface area contributed by atoms with Crippen LogP contribution < -0.4 is 25.7 Å². The molecule has 0 saturated carbocycles. The molecule has 1 aromatic heterocycles. The number of pyridine rings is 1. The van der Waals surface area contributed by atoms with Crippen LogP contribution in [0.1, 0.15) is 56.6 Å². The largest absolute Gasteiger partial charge is 0.506 e. The number of benzene rings is 2. The summed E-state index contributed by atoms with van der Waals surface area (Å²) in [6.07, 6.45) is 6.50. The van der Waals surface area contributed by atoms with Crippen molar-refractivity contribution in [3.05, 3.63) is 64.4 Å². The van der Waals surface area contributed by atoms with Gasteiger partial charge >= 0.3 is 6.09 Å². The molecule has 2 aromatic carbocycles. The third-order valence-corrected chi connectivity index (χ3v) is 6.09. The number of phenols is 1. The second kappa shape index (κ2) is 14.9. The number of carbonyl (C=O) groups excluding carboxylic acids is 1. The summed E-state index contributed by atoms with van der Waals surface area (Å²) in [7, 11) is 1.51. The highest BCUT2D eigenvalue weighted by Gasteiger charge is 2.13. The van der Waals surface area contributed by atoms with Gasteiger partial charge in [-0.25, -0.2) is 4.79 Å². The minimum Gasteiger partial charge on any atom is -0.506 e. The Morgan fingerprint density at radius 1 is 0.973 bits per heavy atom. The predicted molar refractivity (Wildman–Crippen MR) is 143 cm³/mol. The molecule has 0 aliphatic heterocycles. The van der Waals surface area contributed by atoms with E-state index >= 15 is 0 Å². The van der Waals surface area contributed by atoms with Crippen molar-refractivity contribution in [1.29, 1.82) is 0 Å². The maximum Gasteiger partial charge on any atom is 0.412 e. The van der Waals surface area contributed by atoms with Gasteiger partial charge in [0.1, 0.15) is 17.2 Å². The number of amides is 1. The van der Waals surface area contributed by atoms with Crippen LogP contribution >= 0.6 is 0 Å². The van der Waals surface area contributed by atoms with Crippen molar-refractivity contribution in [3.8, 4) is 17.2 Å². The molecular weight excluding hydrogens is 474 g/mol. The van der Waals surface area contributed by atoms with Gasteiger partial charge in [0, 0.05) is 31.1 Å². The summed E-state index contributed by atoms with van der Waals surface area (Å²) in [6.45, 7) is 1.85. The van der Waals surface area contributed by atoms with Gasteiger partial charge in [0.15, 0.2) is 0 Å². The monoisotopic (exact) mass is 511 g/mol. The Morgan fingerprint density at radius 3 is 2.49 bits per heavy atom. The summed E-state index contributed by atoms with van der Waals surface area (Å²) in [5, 5.41) is 26.9. The number of aliphatic hydroxyl groups is 1. The molecule has 5 N–H and O–H groups in total. The number of hydrogen-bond donors (Lipinski definition) is 5. The van der Waals surface area contributed by atoms with E-state index in [1.54, 1.807) is 30.3 Å². The molecule has 0 unspecified atom stereocenters. The van der Waals surface area contributed by atoms with Crippen molar-refractivity contribution in [1.82, 2.24) is 15.6 Å². The van der Waals surface area contributed by atoms with Gasteiger partial charge in [-0.15, -0.1) is 0 Å². The lowest BCUT2D eigenvalue weighted by Gasteiger charge is -2.15. The van der Waals surface area contributed by atoms with Crippen LogP contribution in [-0.4, -0.2) is 48.0 Å². The number of hydrogen-bond acceptors (Lipinski definition) is 7. The van der Waals surface area contributed by atoms with E-state index in [9.17, 15) is 19.8 Å². The highest BCUT2D eigenvalue weighted by atomic mass is 16.6. The van der Waals surface area contributed by atoms with Gasteiger partial charge in [-0.3, -0.25) is 4.79 Å². The van der Waals surface area contributed by atoms with Gasteiger partial charge in [-0.2, -0.15) is 0 Å². The fourth-order valence-corrected chi connectivity index (χ4v) is 4.11. The third kappa shape index (κ3) is 9.11. The standard InChI is InChI=1S/C28H37N3O6/c1-29-28(35)37-21-11-9-10-20(18-21)36-17-8-6-4-2-3-5-7-16-30-19-25(33)22-12-14-24(32)27-23(22)13-15-26(34)31-27/h9-15,18,25,30,32-33H,2-8,16-17,19H2,1H3,(H,29,35)(H,31,34)/t25-/m0/s1. The molecule has 0 radical (unpaired) electrons. The van der Waals surface area contributed by atoms with Crippen LogP contribution in [0.5, 0.6) is 17.2 Å². The molecule has 0 aliphatic carbocycles. The molecule has 9 nitrogen and oxygen atoms in total. The second-order valence-corrected chi connectivity index (χ2v) is 8.94. The van der Waals surface area contributed by atoms with E-state index in [0.717, 1.165) is 38.6 Å². The van der Waals surface area contributed by atoms with Gasteiger partial charge in [0.05, 0.1) is 18.2 Å². The van der Waals surface area contributed by atoms with E-state index in [4.69, 9.17) is 9.47 Å². The quantitative estimate of drug-likeness (QED) is 0.191. The molecule has 3 aromatic rings.